The number of nitrogens with zero attached hydrogens (tertiary/aromatic N) is 1. The van der Waals surface area contributed by atoms with Gasteiger partial charge in [0.25, 0.3) is 0 Å². The first-order valence-electron chi connectivity index (χ1n) is 5.10. The minimum absolute atomic E-state index is 0.822. The second-order valence-electron chi connectivity index (χ2n) is 3.49. The van der Waals surface area contributed by atoms with Gasteiger partial charge < -0.3 is 10.2 Å². The summed E-state index contributed by atoms with van der Waals surface area (Å²) in [5.41, 5.74) is 2.33. The molecule has 2 rings (SSSR count). The molecule has 0 saturated carbocycles. The predicted octanol–water partition coefficient (Wildman–Crippen LogP) is 2.98. The smallest absolute Gasteiger partial charge is 0.0767 e. The topological polar surface area (TPSA) is 15.3 Å². The summed E-state index contributed by atoms with van der Waals surface area (Å²) in [5, 5.41) is 4.21. The van der Waals surface area contributed by atoms with E-state index in [1.165, 1.54) is 12.1 Å². The monoisotopic (exact) mass is 210 g/mol. The van der Waals surface area contributed by atoms with Gasteiger partial charge in [0.2, 0.25) is 0 Å². The minimum atomic E-state index is 0.822. The van der Waals surface area contributed by atoms with Crippen molar-refractivity contribution in [1.82, 2.24) is 0 Å². The van der Waals surface area contributed by atoms with Crippen molar-refractivity contribution < 1.29 is 0 Å². The number of hydrogen-bond acceptors (Lipinski definition) is 2. The van der Waals surface area contributed by atoms with Gasteiger partial charge >= 0.3 is 0 Å². The summed E-state index contributed by atoms with van der Waals surface area (Å²) >= 11 is 6.15. The zero-order valence-electron chi connectivity index (χ0n) is 8.39. The number of nitrogens with one attached hydrogen (secondary N) is 1. The molecule has 0 aliphatic carbocycles. The van der Waals surface area contributed by atoms with E-state index in [0.717, 1.165) is 30.3 Å². The molecule has 2 nitrogen and oxygen atoms in total. The SMILES string of the molecule is CCN1CCCNc2c(Cl)cccc21. The molecule has 1 aliphatic heterocycles. The Morgan fingerprint density at radius 2 is 2.36 bits per heavy atom. The molecule has 0 saturated heterocycles. The van der Waals surface area contributed by atoms with Crippen LogP contribution in [-0.2, 0) is 0 Å². The Labute approximate surface area is 89.9 Å². The maximum atomic E-state index is 6.15. The van der Waals surface area contributed by atoms with Crippen molar-refractivity contribution >= 4 is 23.0 Å². The van der Waals surface area contributed by atoms with Gasteiger partial charge in [0.15, 0.2) is 0 Å². The van der Waals surface area contributed by atoms with E-state index in [4.69, 9.17) is 11.6 Å². The third kappa shape index (κ3) is 1.67. The summed E-state index contributed by atoms with van der Waals surface area (Å²) < 4.78 is 0. The van der Waals surface area contributed by atoms with Crippen LogP contribution in [0.3, 0.4) is 0 Å². The maximum absolute atomic E-state index is 6.15. The number of halogens is 1. The first kappa shape index (κ1) is 9.66. The van der Waals surface area contributed by atoms with Crippen molar-refractivity contribution in [2.75, 3.05) is 29.9 Å². The van der Waals surface area contributed by atoms with E-state index < -0.39 is 0 Å². The van der Waals surface area contributed by atoms with Crippen LogP contribution < -0.4 is 10.2 Å². The zero-order valence-corrected chi connectivity index (χ0v) is 9.14. The molecule has 0 radical (unpaired) electrons. The molecule has 14 heavy (non-hydrogen) atoms. The van der Waals surface area contributed by atoms with Gasteiger partial charge in [0.1, 0.15) is 0 Å². The van der Waals surface area contributed by atoms with Crippen molar-refractivity contribution in [1.29, 1.82) is 0 Å². The Morgan fingerprint density at radius 1 is 1.50 bits per heavy atom. The van der Waals surface area contributed by atoms with Crippen molar-refractivity contribution in [3.8, 4) is 0 Å². The largest absolute Gasteiger partial charge is 0.382 e. The highest BCUT2D eigenvalue weighted by Crippen LogP contribution is 2.34. The normalized spacial score (nSPS) is 15.7. The van der Waals surface area contributed by atoms with Crippen LogP contribution in [-0.4, -0.2) is 19.6 Å². The van der Waals surface area contributed by atoms with Crippen molar-refractivity contribution in [3.05, 3.63) is 23.2 Å². The summed E-state index contributed by atoms with van der Waals surface area (Å²) in [6.07, 6.45) is 1.17. The average Bonchev–Trinajstić information content (AvgIpc) is 2.40. The lowest BCUT2D eigenvalue weighted by atomic mass is 10.2. The molecule has 0 amide bonds. The lowest BCUT2D eigenvalue weighted by molar-refractivity contribution is 0.786. The van der Waals surface area contributed by atoms with Crippen molar-refractivity contribution in [2.45, 2.75) is 13.3 Å². The van der Waals surface area contributed by atoms with E-state index in [1.54, 1.807) is 0 Å². The summed E-state index contributed by atoms with van der Waals surface area (Å²) in [7, 11) is 0. The van der Waals surface area contributed by atoms with Gasteiger partial charge in [0.05, 0.1) is 16.4 Å². The first-order valence-corrected chi connectivity index (χ1v) is 5.48. The molecule has 0 atom stereocenters. The van der Waals surface area contributed by atoms with Gasteiger partial charge in [0, 0.05) is 19.6 Å². The van der Waals surface area contributed by atoms with Gasteiger partial charge in [-0.2, -0.15) is 0 Å². The lowest BCUT2D eigenvalue weighted by Gasteiger charge is -2.22. The van der Waals surface area contributed by atoms with Crippen LogP contribution in [0.2, 0.25) is 5.02 Å². The molecule has 3 heteroatoms. The van der Waals surface area contributed by atoms with E-state index in [1.807, 2.05) is 12.1 Å². The predicted molar refractivity (Wildman–Crippen MR) is 62.4 cm³/mol. The van der Waals surface area contributed by atoms with Gasteiger partial charge in [-0.05, 0) is 25.5 Å². The van der Waals surface area contributed by atoms with E-state index >= 15 is 0 Å². The Morgan fingerprint density at radius 3 is 3.14 bits per heavy atom. The Hall–Kier alpha value is -0.890. The number of fused-ring (bicyclic) bond motifs is 1. The standard InChI is InChI=1S/C11H15ClN2/c1-2-14-8-4-7-13-11-9(12)5-3-6-10(11)14/h3,5-6,13H,2,4,7-8H2,1H3. The maximum Gasteiger partial charge on any atom is 0.0767 e. The minimum Gasteiger partial charge on any atom is -0.382 e. The molecular formula is C11H15ClN2. The second kappa shape index (κ2) is 4.09. The van der Waals surface area contributed by atoms with E-state index in [0.29, 0.717) is 0 Å². The number of benzene rings is 1. The van der Waals surface area contributed by atoms with Gasteiger partial charge in [-0.1, -0.05) is 17.7 Å². The molecule has 1 aromatic carbocycles. The van der Waals surface area contributed by atoms with Crippen LogP contribution in [0.15, 0.2) is 18.2 Å². The number of anilines is 2. The second-order valence-corrected chi connectivity index (χ2v) is 3.90. The summed E-state index contributed by atoms with van der Waals surface area (Å²) in [4.78, 5) is 2.36. The summed E-state index contributed by atoms with van der Waals surface area (Å²) in [6.45, 7) is 5.33. The highest BCUT2D eigenvalue weighted by molar-refractivity contribution is 6.34. The fourth-order valence-electron chi connectivity index (χ4n) is 1.88. The first-order chi connectivity index (χ1) is 6.83. The van der Waals surface area contributed by atoms with Crippen molar-refractivity contribution in [3.63, 3.8) is 0 Å². The molecule has 0 spiro atoms. The molecule has 0 unspecified atom stereocenters. The fraction of sp³-hybridized carbons (Fsp3) is 0.455. The Bertz CT molecular complexity index is 325. The fourth-order valence-corrected chi connectivity index (χ4v) is 2.12. The third-order valence-electron chi connectivity index (χ3n) is 2.62. The Balaban J connectivity index is 2.44. The molecular weight excluding hydrogens is 196 g/mol. The summed E-state index contributed by atoms with van der Waals surface area (Å²) in [5.74, 6) is 0. The molecule has 1 aromatic rings. The molecule has 0 bridgehead atoms. The van der Waals surface area contributed by atoms with Crippen LogP contribution >= 0.6 is 11.6 Å². The number of para-hydroxylation sites is 1. The van der Waals surface area contributed by atoms with Crippen LogP contribution in [0.25, 0.3) is 0 Å². The van der Waals surface area contributed by atoms with Crippen LogP contribution in [0.1, 0.15) is 13.3 Å². The van der Waals surface area contributed by atoms with E-state index in [2.05, 4.69) is 23.2 Å². The Kier molecular flexibility index (Phi) is 2.82. The molecule has 76 valence electrons. The highest BCUT2D eigenvalue weighted by Gasteiger charge is 2.14. The van der Waals surface area contributed by atoms with Crippen molar-refractivity contribution in [2.24, 2.45) is 0 Å². The highest BCUT2D eigenvalue weighted by atomic mass is 35.5. The molecule has 0 aromatic heterocycles. The van der Waals surface area contributed by atoms with Gasteiger partial charge in [-0.3, -0.25) is 0 Å². The number of rotatable bonds is 1. The quantitative estimate of drug-likeness (QED) is 0.767. The molecule has 1 N–H and O–H groups in total. The zero-order chi connectivity index (χ0) is 9.97. The third-order valence-corrected chi connectivity index (χ3v) is 2.94. The summed E-state index contributed by atoms with van der Waals surface area (Å²) in [6, 6.07) is 6.08. The average molecular weight is 211 g/mol. The molecule has 0 fully saturated rings. The van der Waals surface area contributed by atoms with Crippen LogP contribution in [0.4, 0.5) is 11.4 Å². The lowest BCUT2D eigenvalue weighted by Crippen LogP contribution is -2.23. The molecule has 1 aliphatic rings. The van der Waals surface area contributed by atoms with Gasteiger partial charge in [-0.25, -0.2) is 0 Å². The van der Waals surface area contributed by atoms with E-state index in [-0.39, 0.29) is 0 Å². The number of hydrogen-bond donors (Lipinski definition) is 1. The van der Waals surface area contributed by atoms with Crippen LogP contribution in [0, 0.1) is 0 Å². The van der Waals surface area contributed by atoms with Gasteiger partial charge in [-0.15, -0.1) is 0 Å². The van der Waals surface area contributed by atoms with E-state index in [9.17, 15) is 0 Å². The molecule has 1 heterocycles. The van der Waals surface area contributed by atoms with Crippen LogP contribution in [0.5, 0.6) is 0 Å².